The predicted octanol–water partition coefficient (Wildman–Crippen LogP) is 0.980. The third-order valence-electron chi connectivity index (χ3n) is 6.01. The van der Waals surface area contributed by atoms with E-state index in [1.54, 1.807) is 17.9 Å². The molecule has 2 aliphatic heterocycles. The number of likely N-dealkylation sites (tertiary alicyclic amines) is 2. The van der Waals surface area contributed by atoms with E-state index in [0.717, 1.165) is 19.6 Å². The van der Waals surface area contributed by atoms with E-state index in [1.807, 2.05) is 35.4 Å². The molecular formula is C21H27N5O2. The quantitative estimate of drug-likeness (QED) is 0.810. The molecule has 0 aliphatic carbocycles. The Morgan fingerprint density at radius 1 is 1.18 bits per heavy atom. The first-order valence-corrected chi connectivity index (χ1v) is 9.83. The van der Waals surface area contributed by atoms with Crippen molar-refractivity contribution in [3.05, 3.63) is 54.4 Å². The van der Waals surface area contributed by atoms with Crippen LogP contribution >= 0.6 is 0 Å². The van der Waals surface area contributed by atoms with E-state index in [4.69, 9.17) is 0 Å². The van der Waals surface area contributed by atoms with Crippen LogP contribution in [-0.2, 0) is 22.7 Å². The number of rotatable bonds is 6. The number of hydrogen-bond donors (Lipinski definition) is 1. The maximum Gasteiger partial charge on any atom is 0.224 e. The molecule has 2 aliphatic rings. The summed E-state index contributed by atoms with van der Waals surface area (Å²) in [4.78, 5) is 29.3. The first-order valence-electron chi connectivity index (χ1n) is 9.83. The first kappa shape index (κ1) is 18.7. The van der Waals surface area contributed by atoms with Gasteiger partial charge in [0.05, 0.1) is 5.92 Å². The lowest BCUT2D eigenvalue weighted by molar-refractivity contribution is -0.149. The summed E-state index contributed by atoms with van der Waals surface area (Å²) in [6, 6.07) is 12.2. The van der Waals surface area contributed by atoms with Crippen molar-refractivity contribution in [1.29, 1.82) is 0 Å². The number of nitrogens with one attached hydrogen (secondary N) is 1. The standard InChI is InChI=1S/C21H27N5O2/c1-22-20(28)18-13-24(12-17-6-3-2-4-7-17)14-21(18)15-25(16-21)19(27)8-11-26-10-5-9-23-26/h2-7,9-10,18H,8,11-16H2,1H3,(H,22,28). The van der Waals surface area contributed by atoms with Crippen molar-refractivity contribution in [3.8, 4) is 0 Å². The summed E-state index contributed by atoms with van der Waals surface area (Å²) in [6.07, 6.45) is 4.03. The summed E-state index contributed by atoms with van der Waals surface area (Å²) < 4.78 is 1.78. The van der Waals surface area contributed by atoms with Crippen LogP contribution in [0.2, 0.25) is 0 Å². The molecule has 7 nitrogen and oxygen atoms in total. The van der Waals surface area contributed by atoms with Crippen LogP contribution in [0, 0.1) is 11.3 Å². The molecule has 2 fully saturated rings. The number of hydrogen-bond acceptors (Lipinski definition) is 4. The van der Waals surface area contributed by atoms with Gasteiger partial charge in [0.1, 0.15) is 0 Å². The molecule has 148 valence electrons. The van der Waals surface area contributed by atoms with Crippen molar-refractivity contribution in [1.82, 2.24) is 24.9 Å². The number of aromatic nitrogens is 2. The maximum atomic E-state index is 12.5. The fraction of sp³-hybridized carbons (Fsp3) is 0.476. The van der Waals surface area contributed by atoms with Crippen LogP contribution < -0.4 is 5.32 Å². The van der Waals surface area contributed by atoms with Crippen molar-refractivity contribution in [2.45, 2.75) is 19.5 Å². The van der Waals surface area contributed by atoms with Gasteiger partial charge in [0.2, 0.25) is 11.8 Å². The molecule has 0 radical (unpaired) electrons. The molecule has 1 unspecified atom stereocenters. The van der Waals surface area contributed by atoms with E-state index in [9.17, 15) is 9.59 Å². The molecule has 3 heterocycles. The number of nitrogens with zero attached hydrogens (tertiary/aromatic N) is 4. The van der Waals surface area contributed by atoms with Crippen LogP contribution in [-0.4, -0.2) is 64.6 Å². The molecule has 0 saturated carbocycles. The van der Waals surface area contributed by atoms with Crippen molar-refractivity contribution in [3.63, 3.8) is 0 Å². The highest BCUT2D eigenvalue weighted by Gasteiger charge is 2.57. The zero-order chi connectivity index (χ0) is 19.6. The Kier molecular flexibility index (Phi) is 5.17. The maximum absolute atomic E-state index is 12.5. The molecule has 4 rings (SSSR count). The lowest BCUT2D eigenvalue weighted by atomic mass is 9.71. The largest absolute Gasteiger partial charge is 0.359 e. The van der Waals surface area contributed by atoms with Crippen LogP contribution in [0.15, 0.2) is 48.8 Å². The molecule has 0 bridgehead atoms. The molecule has 1 N–H and O–H groups in total. The van der Waals surface area contributed by atoms with Gasteiger partial charge in [0.15, 0.2) is 0 Å². The van der Waals surface area contributed by atoms with Gasteiger partial charge >= 0.3 is 0 Å². The zero-order valence-corrected chi connectivity index (χ0v) is 16.3. The number of aryl methyl sites for hydroxylation is 1. The van der Waals surface area contributed by atoms with Crippen LogP contribution in [0.5, 0.6) is 0 Å². The molecular weight excluding hydrogens is 354 g/mol. The molecule has 1 aromatic heterocycles. The summed E-state index contributed by atoms with van der Waals surface area (Å²) in [5.41, 5.74) is 1.12. The molecule has 7 heteroatoms. The van der Waals surface area contributed by atoms with Crippen LogP contribution in [0.25, 0.3) is 0 Å². The highest BCUT2D eigenvalue weighted by Crippen LogP contribution is 2.44. The van der Waals surface area contributed by atoms with E-state index in [0.29, 0.717) is 26.1 Å². The van der Waals surface area contributed by atoms with Gasteiger partial charge in [-0.2, -0.15) is 5.10 Å². The molecule has 2 aromatic rings. The van der Waals surface area contributed by atoms with Crippen LogP contribution in [0.1, 0.15) is 12.0 Å². The second-order valence-electron chi connectivity index (χ2n) is 7.95. The third kappa shape index (κ3) is 3.67. The van der Waals surface area contributed by atoms with Gasteiger partial charge in [-0.05, 0) is 11.6 Å². The average Bonchev–Trinajstić information content (AvgIpc) is 3.33. The molecule has 2 saturated heterocycles. The Hall–Kier alpha value is -2.67. The Labute approximate surface area is 165 Å². The van der Waals surface area contributed by atoms with Gasteiger partial charge in [0, 0.05) is 70.5 Å². The Bertz CT molecular complexity index is 815. The van der Waals surface area contributed by atoms with E-state index in [2.05, 4.69) is 27.4 Å². The second kappa shape index (κ2) is 7.75. The number of benzene rings is 1. The molecule has 1 atom stereocenters. The Morgan fingerprint density at radius 3 is 2.64 bits per heavy atom. The SMILES string of the molecule is CNC(=O)C1CN(Cc2ccccc2)CC12CN(C(=O)CCn1cccn1)C2. The lowest BCUT2D eigenvalue weighted by Gasteiger charge is -2.50. The summed E-state index contributed by atoms with van der Waals surface area (Å²) in [7, 11) is 1.70. The highest BCUT2D eigenvalue weighted by atomic mass is 16.2. The van der Waals surface area contributed by atoms with Crippen molar-refractivity contribution in [2.24, 2.45) is 11.3 Å². The lowest BCUT2D eigenvalue weighted by Crippen LogP contribution is -2.64. The summed E-state index contributed by atoms with van der Waals surface area (Å²) in [6.45, 7) is 4.34. The van der Waals surface area contributed by atoms with Gasteiger partial charge in [-0.15, -0.1) is 0 Å². The minimum absolute atomic E-state index is 0.0728. The van der Waals surface area contributed by atoms with E-state index < -0.39 is 0 Å². The van der Waals surface area contributed by atoms with Gasteiger partial charge in [-0.1, -0.05) is 30.3 Å². The second-order valence-corrected chi connectivity index (χ2v) is 7.95. The zero-order valence-electron chi connectivity index (χ0n) is 16.3. The Morgan fingerprint density at radius 2 is 1.96 bits per heavy atom. The van der Waals surface area contributed by atoms with Crippen molar-refractivity contribution >= 4 is 11.8 Å². The summed E-state index contributed by atoms with van der Waals surface area (Å²) in [5.74, 6) is 0.147. The fourth-order valence-corrected chi connectivity index (χ4v) is 4.58. The Balaban J connectivity index is 1.38. The van der Waals surface area contributed by atoms with E-state index in [1.165, 1.54) is 5.56 Å². The van der Waals surface area contributed by atoms with Gasteiger partial charge < -0.3 is 10.2 Å². The minimum atomic E-state index is -0.129. The van der Waals surface area contributed by atoms with Crippen LogP contribution in [0.3, 0.4) is 0 Å². The number of amides is 2. The smallest absolute Gasteiger partial charge is 0.224 e. The highest BCUT2D eigenvalue weighted by molar-refractivity contribution is 5.82. The summed E-state index contributed by atoms with van der Waals surface area (Å²) >= 11 is 0. The fourth-order valence-electron chi connectivity index (χ4n) is 4.58. The van der Waals surface area contributed by atoms with Gasteiger partial charge in [-0.25, -0.2) is 0 Å². The third-order valence-corrected chi connectivity index (χ3v) is 6.01. The predicted molar refractivity (Wildman–Crippen MR) is 105 cm³/mol. The monoisotopic (exact) mass is 381 g/mol. The minimum Gasteiger partial charge on any atom is -0.359 e. The molecule has 1 aromatic carbocycles. The first-order chi connectivity index (χ1) is 13.6. The topological polar surface area (TPSA) is 70.5 Å². The number of carbonyl (C=O) groups excluding carboxylic acids is 2. The number of carbonyl (C=O) groups is 2. The average molecular weight is 381 g/mol. The summed E-state index contributed by atoms with van der Waals surface area (Å²) in [5, 5.41) is 6.97. The van der Waals surface area contributed by atoms with Gasteiger partial charge in [0.25, 0.3) is 0 Å². The van der Waals surface area contributed by atoms with E-state index in [-0.39, 0.29) is 23.1 Å². The van der Waals surface area contributed by atoms with E-state index >= 15 is 0 Å². The van der Waals surface area contributed by atoms with Crippen LogP contribution in [0.4, 0.5) is 0 Å². The van der Waals surface area contributed by atoms with Crippen molar-refractivity contribution in [2.75, 3.05) is 33.2 Å². The molecule has 1 spiro atoms. The molecule has 2 amide bonds. The van der Waals surface area contributed by atoms with Gasteiger partial charge in [-0.3, -0.25) is 19.2 Å². The molecule has 28 heavy (non-hydrogen) atoms. The van der Waals surface area contributed by atoms with Crippen molar-refractivity contribution < 1.29 is 9.59 Å². The normalized spacial score (nSPS) is 20.9.